The Kier molecular flexibility index (Phi) is 7.17. The number of carbonyl (C=O) groups is 1. The van der Waals surface area contributed by atoms with E-state index in [9.17, 15) is 9.18 Å². The lowest BCUT2D eigenvalue weighted by Crippen LogP contribution is -2.45. The van der Waals surface area contributed by atoms with Crippen molar-refractivity contribution in [1.29, 1.82) is 0 Å². The van der Waals surface area contributed by atoms with E-state index < -0.39 is 0 Å². The summed E-state index contributed by atoms with van der Waals surface area (Å²) in [5.74, 6) is -0.689. The summed E-state index contributed by atoms with van der Waals surface area (Å²) >= 11 is 0. The van der Waals surface area contributed by atoms with Crippen LogP contribution in [0.25, 0.3) is 0 Å². The molecule has 7 heteroatoms. The van der Waals surface area contributed by atoms with Gasteiger partial charge >= 0.3 is 0 Å². The highest BCUT2D eigenvalue weighted by atomic mass is 19.1. The molecule has 166 valence electrons. The van der Waals surface area contributed by atoms with Gasteiger partial charge in [-0.05, 0) is 49.4 Å². The molecule has 0 aromatic heterocycles. The highest BCUT2D eigenvalue weighted by molar-refractivity contribution is 6.04. The molecule has 2 saturated heterocycles. The molecule has 2 aromatic carbocycles. The summed E-state index contributed by atoms with van der Waals surface area (Å²) in [7, 11) is 2.16. The topological polar surface area (TPSA) is 48.0 Å². The molecule has 4 rings (SSSR count). The van der Waals surface area contributed by atoms with E-state index in [1.807, 2.05) is 29.2 Å². The number of hydrogen-bond acceptors (Lipinski definition) is 5. The Morgan fingerprint density at radius 1 is 1.00 bits per heavy atom. The van der Waals surface area contributed by atoms with Crippen molar-refractivity contribution in [2.45, 2.75) is 6.42 Å². The quantitative estimate of drug-likeness (QED) is 0.770. The zero-order valence-electron chi connectivity index (χ0n) is 18.1. The summed E-state index contributed by atoms with van der Waals surface area (Å²) in [6.07, 6.45) is 0.992. The van der Waals surface area contributed by atoms with Gasteiger partial charge in [-0.15, -0.1) is 0 Å². The predicted molar refractivity (Wildman–Crippen MR) is 121 cm³/mol. The molecule has 2 heterocycles. The number of anilines is 2. The van der Waals surface area contributed by atoms with Gasteiger partial charge < -0.3 is 24.8 Å². The molecule has 0 radical (unpaired) electrons. The van der Waals surface area contributed by atoms with Crippen molar-refractivity contribution >= 4 is 17.3 Å². The number of nitrogens with one attached hydrogen (secondary N) is 1. The van der Waals surface area contributed by atoms with Gasteiger partial charge in [-0.1, -0.05) is 12.1 Å². The Morgan fingerprint density at radius 2 is 1.71 bits per heavy atom. The van der Waals surface area contributed by atoms with Crippen LogP contribution < -0.4 is 10.2 Å². The van der Waals surface area contributed by atoms with E-state index in [2.05, 4.69) is 22.2 Å². The van der Waals surface area contributed by atoms with Gasteiger partial charge in [0.15, 0.2) is 0 Å². The number of rotatable bonds is 6. The maximum absolute atomic E-state index is 14.6. The number of halogens is 1. The van der Waals surface area contributed by atoms with Crippen LogP contribution in [0.3, 0.4) is 0 Å². The van der Waals surface area contributed by atoms with Crippen LogP contribution in [0.5, 0.6) is 0 Å². The molecule has 1 N–H and O–H groups in total. The number of carbonyl (C=O) groups excluding carboxylic acids is 1. The maximum atomic E-state index is 14.6. The van der Waals surface area contributed by atoms with Gasteiger partial charge in [0.05, 0.1) is 18.9 Å². The van der Waals surface area contributed by atoms with Gasteiger partial charge in [-0.3, -0.25) is 4.79 Å². The first kappa shape index (κ1) is 21.7. The average Bonchev–Trinajstić information content (AvgIpc) is 2.80. The Balaban J connectivity index is 1.30. The van der Waals surface area contributed by atoms with E-state index >= 15 is 0 Å². The summed E-state index contributed by atoms with van der Waals surface area (Å²) in [5.41, 5.74) is 2.79. The number of benzene rings is 2. The van der Waals surface area contributed by atoms with Crippen LogP contribution in [0.15, 0.2) is 42.5 Å². The summed E-state index contributed by atoms with van der Waals surface area (Å²) in [6, 6.07) is 12.6. The van der Waals surface area contributed by atoms with Crippen LogP contribution in [-0.2, 0) is 11.2 Å². The number of piperazine rings is 1. The van der Waals surface area contributed by atoms with Gasteiger partial charge in [0, 0.05) is 57.1 Å². The van der Waals surface area contributed by atoms with Crippen molar-refractivity contribution in [3.63, 3.8) is 0 Å². The van der Waals surface area contributed by atoms with Crippen molar-refractivity contribution in [3.05, 3.63) is 59.4 Å². The molecular weight excluding hydrogens is 395 g/mol. The van der Waals surface area contributed by atoms with Crippen molar-refractivity contribution in [2.24, 2.45) is 0 Å². The lowest BCUT2D eigenvalue weighted by molar-refractivity contribution is 0.102. The Labute approximate surface area is 183 Å². The Morgan fingerprint density at radius 3 is 2.39 bits per heavy atom. The van der Waals surface area contributed by atoms with Crippen molar-refractivity contribution in [1.82, 2.24) is 9.80 Å². The SMILES string of the molecule is CN1CCN(CCc2ccc(NC(=O)c3ccc(N4CCOCC4)c(F)c3)cc2)CC1. The molecule has 0 saturated carbocycles. The number of nitrogens with zero attached hydrogens (tertiary/aromatic N) is 3. The molecule has 0 unspecified atom stereocenters. The summed E-state index contributed by atoms with van der Waals surface area (Å²) < 4.78 is 19.9. The third kappa shape index (κ3) is 5.81. The van der Waals surface area contributed by atoms with Crippen LogP contribution >= 0.6 is 0 Å². The van der Waals surface area contributed by atoms with E-state index in [0.29, 0.717) is 43.2 Å². The van der Waals surface area contributed by atoms with Crippen LogP contribution in [0.2, 0.25) is 0 Å². The Bertz CT molecular complexity index is 876. The summed E-state index contributed by atoms with van der Waals surface area (Å²) in [5, 5.41) is 2.87. The summed E-state index contributed by atoms with van der Waals surface area (Å²) in [4.78, 5) is 19.4. The molecule has 2 aliphatic heterocycles. The highest BCUT2D eigenvalue weighted by Gasteiger charge is 2.17. The molecule has 2 fully saturated rings. The highest BCUT2D eigenvalue weighted by Crippen LogP contribution is 2.22. The average molecular weight is 427 g/mol. The lowest BCUT2D eigenvalue weighted by atomic mass is 10.1. The number of morpholine rings is 1. The molecule has 0 atom stereocenters. The zero-order chi connectivity index (χ0) is 21.6. The molecular formula is C24H31FN4O2. The zero-order valence-corrected chi connectivity index (χ0v) is 18.1. The second-order valence-electron chi connectivity index (χ2n) is 8.31. The fraction of sp³-hybridized carbons (Fsp3) is 0.458. The van der Waals surface area contributed by atoms with E-state index in [4.69, 9.17) is 4.74 Å². The van der Waals surface area contributed by atoms with Gasteiger partial charge in [-0.2, -0.15) is 0 Å². The second-order valence-corrected chi connectivity index (χ2v) is 8.31. The smallest absolute Gasteiger partial charge is 0.255 e. The third-order valence-electron chi connectivity index (χ3n) is 6.09. The molecule has 31 heavy (non-hydrogen) atoms. The predicted octanol–water partition coefficient (Wildman–Crippen LogP) is 2.70. The molecule has 0 spiro atoms. The maximum Gasteiger partial charge on any atom is 0.255 e. The van der Waals surface area contributed by atoms with E-state index in [1.54, 1.807) is 12.1 Å². The fourth-order valence-corrected chi connectivity index (χ4v) is 4.03. The molecule has 0 bridgehead atoms. The van der Waals surface area contributed by atoms with Gasteiger partial charge in [0.2, 0.25) is 0 Å². The normalized spacial score (nSPS) is 18.2. The third-order valence-corrected chi connectivity index (χ3v) is 6.09. The van der Waals surface area contributed by atoms with Crippen LogP contribution in [0.4, 0.5) is 15.8 Å². The minimum Gasteiger partial charge on any atom is -0.378 e. The largest absolute Gasteiger partial charge is 0.378 e. The monoisotopic (exact) mass is 426 g/mol. The van der Waals surface area contributed by atoms with Gasteiger partial charge in [-0.25, -0.2) is 4.39 Å². The van der Waals surface area contributed by atoms with E-state index in [-0.39, 0.29) is 11.7 Å². The fourth-order valence-electron chi connectivity index (χ4n) is 4.03. The van der Waals surface area contributed by atoms with Crippen molar-refractivity contribution < 1.29 is 13.9 Å². The van der Waals surface area contributed by atoms with Crippen LogP contribution in [-0.4, -0.2) is 81.8 Å². The molecule has 2 aromatic rings. The number of ether oxygens (including phenoxy) is 1. The number of hydrogen-bond donors (Lipinski definition) is 1. The van der Waals surface area contributed by atoms with E-state index in [1.165, 1.54) is 11.6 Å². The van der Waals surface area contributed by atoms with E-state index in [0.717, 1.165) is 39.1 Å². The summed E-state index contributed by atoms with van der Waals surface area (Å²) in [6.45, 7) is 8.02. The van der Waals surface area contributed by atoms with Crippen molar-refractivity contribution in [3.8, 4) is 0 Å². The minimum absolute atomic E-state index is 0.308. The Hall–Kier alpha value is -2.48. The van der Waals surface area contributed by atoms with Crippen LogP contribution in [0.1, 0.15) is 15.9 Å². The first-order chi connectivity index (χ1) is 15.1. The number of amides is 1. The minimum atomic E-state index is -0.381. The van der Waals surface area contributed by atoms with Gasteiger partial charge in [0.1, 0.15) is 5.82 Å². The van der Waals surface area contributed by atoms with Crippen molar-refractivity contribution in [2.75, 3.05) is 76.3 Å². The molecule has 6 nitrogen and oxygen atoms in total. The number of likely N-dealkylation sites (N-methyl/N-ethyl adjacent to an activating group) is 1. The molecule has 1 amide bonds. The lowest BCUT2D eigenvalue weighted by Gasteiger charge is -2.32. The standard InChI is InChI=1S/C24H31FN4O2/c1-27-10-12-28(13-11-27)9-8-19-2-5-21(6-3-19)26-24(30)20-4-7-23(22(25)18-20)29-14-16-31-17-15-29/h2-7,18H,8-17H2,1H3,(H,26,30). The molecule has 2 aliphatic rings. The van der Waals surface area contributed by atoms with Gasteiger partial charge in [0.25, 0.3) is 5.91 Å². The van der Waals surface area contributed by atoms with Crippen LogP contribution in [0, 0.1) is 5.82 Å². The first-order valence-corrected chi connectivity index (χ1v) is 11.0. The second kappa shape index (κ2) is 10.2. The first-order valence-electron chi connectivity index (χ1n) is 11.0. The molecule has 0 aliphatic carbocycles.